The fourth-order valence-electron chi connectivity index (χ4n) is 2.67. The zero-order chi connectivity index (χ0) is 25.6. The SMILES string of the molecule is CCCCOC([CH2][Hg])C([CH2][Hg])OCCCC.O=C(O)c1ccccc1.O=C(O)c1ccccc1. The van der Waals surface area contributed by atoms with Crippen LogP contribution in [0.4, 0.5) is 0 Å². The number of hydrogen-bond acceptors (Lipinski definition) is 4. The van der Waals surface area contributed by atoms with Crippen molar-refractivity contribution in [2.45, 2.75) is 59.6 Å². The third kappa shape index (κ3) is 16.7. The molecular formula is C26H36Hg2O6. The Balaban J connectivity index is 0.000000513. The molecule has 180 valence electrons. The second kappa shape index (κ2) is 22.6. The van der Waals surface area contributed by atoms with Crippen molar-refractivity contribution in [3.05, 3.63) is 71.8 Å². The van der Waals surface area contributed by atoms with Crippen LogP contribution < -0.4 is 0 Å². The van der Waals surface area contributed by atoms with Gasteiger partial charge in [0, 0.05) is 0 Å². The Hall–Kier alpha value is -0.830. The molecule has 0 aliphatic rings. The molecule has 2 atom stereocenters. The first-order chi connectivity index (χ1) is 16.4. The standard InChI is InChI=1S/C12H24O2.2C7H6O2.2Hg/c1-5-7-9-13-11(3)12(4)14-10-8-6-2;2*8-7(9)6-4-2-1-3-5-6;;/h11-12H,3-10H2,1-2H3;2*1-5H,(H,8,9);;. The molecular weight excluding hydrogens is 809 g/mol. The molecule has 0 saturated heterocycles. The van der Waals surface area contributed by atoms with Crippen molar-refractivity contribution in [2.24, 2.45) is 0 Å². The van der Waals surface area contributed by atoms with Gasteiger partial charge < -0.3 is 10.2 Å². The molecule has 0 radical (unpaired) electrons. The molecule has 2 N–H and O–H groups in total. The van der Waals surface area contributed by atoms with Gasteiger partial charge in [0.25, 0.3) is 0 Å². The van der Waals surface area contributed by atoms with Gasteiger partial charge in [-0.3, -0.25) is 0 Å². The van der Waals surface area contributed by atoms with E-state index in [4.69, 9.17) is 19.7 Å². The molecule has 2 aromatic carbocycles. The van der Waals surface area contributed by atoms with Crippen LogP contribution in [-0.2, 0) is 61.7 Å². The molecule has 0 heterocycles. The van der Waals surface area contributed by atoms with Gasteiger partial charge in [0.15, 0.2) is 0 Å². The molecule has 0 aromatic heterocycles. The number of carbonyl (C=O) groups is 2. The van der Waals surface area contributed by atoms with E-state index in [1.807, 2.05) is 0 Å². The number of hydrogen-bond donors (Lipinski definition) is 2. The Labute approximate surface area is 236 Å². The summed E-state index contributed by atoms with van der Waals surface area (Å²) in [7, 11) is 0. The average molecular weight is 846 g/mol. The minimum Gasteiger partial charge on any atom is -0.478 e. The zero-order valence-electron chi connectivity index (χ0n) is 20.5. The molecule has 0 spiro atoms. The summed E-state index contributed by atoms with van der Waals surface area (Å²) in [5.41, 5.74) is 0.662. The quantitative estimate of drug-likeness (QED) is 0.189. The van der Waals surface area contributed by atoms with Crippen molar-refractivity contribution < 1.29 is 81.5 Å². The van der Waals surface area contributed by atoms with Crippen LogP contribution in [-0.4, -0.2) is 47.6 Å². The van der Waals surface area contributed by atoms with Crippen molar-refractivity contribution in [2.75, 3.05) is 13.2 Å². The van der Waals surface area contributed by atoms with E-state index in [9.17, 15) is 9.59 Å². The van der Waals surface area contributed by atoms with Crippen molar-refractivity contribution in [1.29, 1.82) is 0 Å². The zero-order valence-corrected chi connectivity index (χ0v) is 31.5. The normalized spacial score (nSPS) is 11.8. The first kappa shape index (κ1) is 33.2. The molecule has 0 saturated carbocycles. The van der Waals surface area contributed by atoms with Crippen LogP contribution in [0.5, 0.6) is 0 Å². The van der Waals surface area contributed by atoms with Gasteiger partial charge in [0.2, 0.25) is 0 Å². The maximum Gasteiger partial charge on any atom is 0.335 e. The average Bonchev–Trinajstić information content (AvgIpc) is 2.87. The molecule has 34 heavy (non-hydrogen) atoms. The Bertz CT molecular complexity index is 693. The van der Waals surface area contributed by atoms with Gasteiger partial charge in [0.05, 0.1) is 11.1 Å². The first-order valence-corrected chi connectivity index (χ1v) is 19.6. The Kier molecular flexibility index (Phi) is 22.1. The van der Waals surface area contributed by atoms with Gasteiger partial charge in [0.1, 0.15) is 0 Å². The largest absolute Gasteiger partial charge is 0.478 e. The van der Waals surface area contributed by atoms with Crippen LogP contribution in [0.2, 0.25) is 7.86 Å². The maximum atomic E-state index is 10.2. The van der Waals surface area contributed by atoms with Crippen LogP contribution >= 0.6 is 0 Å². The number of aromatic carboxylic acids is 2. The van der Waals surface area contributed by atoms with E-state index in [2.05, 4.69) is 13.8 Å². The second-order valence-electron chi connectivity index (χ2n) is 7.45. The van der Waals surface area contributed by atoms with Crippen molar-refractivity contribution in [3.63, 3.8) is 0 Å². The summed E-state index contributed by atoms with van der Waals surface area (Å²) >= 11 is 1.65. The minimum atomic E-state index is -0.879. The smallest absolute Gasteiger partial charge is 0.335 e. The van der Waals surface area contributed by atoms with Gasteiger partial charge in [-0.15, -0.1) is 0 Å². The molecule has 6 nitrogen and oxygen atoms in total. The van der Waals surface area contributed by atoms with E-state index in [-0.39, 0.29) is 0 Å². The fraction of sp³-hybridized carbons (Fsp3) is 0.462. The van der Waals surface area contributed by atoms with Gasteiger partial charge in [-0.25, -0.2) is 9.59 Å². The Morgan fingerprint density at radius 2 is 1.03 bits per heavy atom. The van der Waals surface area contributed by atoms with Crippen molar-refractivity contribution in [1.82, 2.24) is 0 Å². The minimum absolute atomic E-state index is 0.331. The van der Waals surface area contributed by atoms with Crippen LogP contribution in [0.3, 0.4) is 0 Å². The monoisotopic (exact) mass is 848 g/mol. The predicted octanol–water partition coefficient (Wildman–Crippen LogP) is 6.06. The van der Waals surface area contributed by atoms with Crippen molar-refractivity contribution >= 4 is 11.9 Å². The third-order valence-electron chi connectivity index (χ3n) is 4.68. The molecule has 0 bridgehead atoms. The topological polar surface area (TPSA) is 93.1 Å². The van der Waals surface area contributed by atoms with E-state index < -0.39 is 11.9 Å². The van der Waals surface area contributed by atoms with Gasteiger partial charge in [-0.1, -0.05) is 36.4 Å². The van der Waals surface area contributed by atoms with Gasteiger partial charge in [-0.05, 0) is 24.3 Å². The summed E-state index contributed by atoms with van der Waals surface area (Å²) < 4.78 is 14.5. The summed E-state index contributed by atoms with van der Waals surface area (Å²) in [6, 6.07) is 16.6. The van der Waals surface area contributed by atoms with E-state index >= 15 is 0 Å². The third-order valence-corrected chi connectivity index (χ3v) is 9.11. The van der Waals surface area contributed by atoms with Crippen LogP contribution in [0, 0.1) is 0 Å². The summed E-state index contributed by atoms with van der Waals surface area (Å²) in [6.45, 7) is 6.29. The van der Waals surface area contributed by atoms with Crippen molar-refractivity contribution in [3.8, 4) is 0 Å². The van der Waals surface area contributed by atoms with E-state index in [0.29, 0.717) is 23.3 Å². The van der Waals surface area contributed by atoms with E-state index in [1.54, 1.807) is 60.7 Å². The summed E-state index contributed by atoms with van der Waals surface area (Å²) in [4.78, 5) is 20.4. The molecule has 2 rings (SSSR count). The molecule has 0 aliphatic heterocycles. The molecule has 2 unspecified atom stereocenters. The number of carboxylic acids is 2. The van der Waals surface area contributed by atoms with Gasteiger partial charge >= 0.3 is 146 Å². The summed E-state index contributed by atoms with van der Waals surface area (Å²) in [6.07, 6.45) is 5.68. The molecule has 2 aromatic rings. The number of rotatable bonds is 13. The van der Waals surface area contributed by atoms with Crippen LogP contribution in [0.25, 0.3) is 0 Å². The molecule has 0 amide bonds. The number of ether oxygens (including phenoxy) is 2. The number of benzene rings is 2. The number of unbranched alkanes of at least 4 members (excludes halogenated alkanes) is 2. The summed E-state index contributed by atoms with van der Waals surface area (Å²) in [5, 5.41) is 16.8. The summed E-state index contributed by atoms with van der Waals surface area (Å²) in [5.74, 6) is -1.76. The molecule has 8 heteroatoms. The fourth-order valence-corrected chi connectivity index (χ4v) is 6.86. The molecule has 0 aliphatic carbocycles. The Morgan fingerprint density at radius 3 is 1.24 bits per heavy atom. The number of carboxylic acid groups (broad SMARTS) is 2. The van der Waals surface area contributed by atoms with Crippen LogP contribution in [0.1, 0.15) is 60.2 Å². The van der Waals surface area contributed by atoms with E-state index in [1.165, 1.54) is 33.5 Å². The Morgan fingerprint density at radius 1 is 0.706 bits per heavy atom. The second-order valence-corrected chi connectivity index (χ2v) is 11.9. The maximum absolute atomic E-state index is 10.2. The van der Waals surface area contributed by atoms with Crippen LogP contribution in [0.15, 0.2) is 60.7 Å². The van der Waals surface area contributed by atoms with Gasteiger partial charge in [-0.2, -0.15) is 0 Å². The predicted molar refractivity (Wildman–Crippen MR) is 126 cm³/mol. The molecule has 0 fully saturated rings. The first-order valence-electron chi connectivity index (χ1n) is 11.8. The van der Waals surface area contributed by atoms with E-state index in [0.717, 1.165) is 65.5 Å².